The molecule has 6 nitrogen and oxygen atoms in total. The van der Waals surface area contributed by atoms with Gasteiger partial charge in [0.25, 0.3) is 5.69 Å². The Morgan fingerprint density at radius 2 is 2.00 bits per heavy atom. The SMILES string of the molecule is O=C(NCc1ccc(Cl)s1)C1CCN(c2ccccc2[N+](=O)[O-])CC1. The molecule has 0 unspecified atom stereocenters. The van der Waals surface area contributed by atoms with Gasteiger partial charge in [-0.1, -0.05) is 23.7 Å². The van der Waals surface area contributed by atoms with Crippen LogP contribution in [-0.4, -0.2) is 23.9 Å². The molecule has 0 bridgehead atoms. The lowest BCUT2D eigenvalue weighted by atomic mass is 9.95. The first-order chi connectivity index (χ1) is 12.0. The van der Waals surface area contributed by atoms with Crippen LogP contribution in [0.1, 0.15) is 17.7 Å². The predicted octanol–water partition coefficient (Wildman–Crippen LogP) is 3.84. The Hall–Kier alpha value is -2.12. The van der Waals surface area contributed by atoms with E-state index in [-0.39, 0.29) is 22.4 Å². The van der Waals surface area contributed by atoms with Crippen molar-refractivity contribution in [3.05, 3.63) is 55.7 Å². The van der Waals surface area contributed by atoms with E-state index < -0.39 is 0 Å². The van der Waals surface area contributed by atoms with E-state index >= 15 is 0 Å². The van der Waals surface area contributed by atoms with Gasteiger partial charge in [-0.25, -0.2) is 0 Å². The molecule has 1 fully saturated rings. The summed E-state index contributed by atoms with van der Waals surface area (Å²) in [4.78, 5) is 26.1. The zero-order valence-corrected chi connectivity index (χ0v) is 15.1. The van der Waals surface area contributed by atoms with E-state index in [2.05, 4.69) is 5.32 Å². The molecule has 0 saturated carbocycles. The van der Waals surface area contributed by atoms with E-state index in [4.69, 9.17) is 11.6 Å². The molecule has 0 radical (unpaired) electrons. The average Bonchev–Trinajstić information content (AvgIpc) is 3.05. The van der Waals surface area contributed by atoms with Crippen molar-refractivity contribution in [3.8, 4) is 0 Å². The third kappa shape index (κ3) is 4.29. The number of thiophene rings is 1. The maximum Gasteiger partial charge on any atom is 0.292 e. The van der Waals surface area contributed by atoms with Gasteiger partial charge < -0.3 is 10.2 Å². The van der Waals surface area contributed by atoms with Gasteiger partial charge in [0.15, 0.2) is 0 Å². The molecule has 1 aliphatic rings. The van der Waals surface area contributed by atoms with Crippen molar-refractivity contribution in [3.63, 3.8) is 0 Å². The second-order valence-electron chi connectivity index (χ2n) is 5.93. The summed E-state index contributed by atoms with van der Waals surface area (Å²) in [5.74, 6) is -0.0267. The fourth-order valence-corrected chi connectivity index (χ4v) is 4.06. The molecule has 3 rings (SSSR count). The number of rotatable bonds is 5. The molecule has 1 aromatic carbocycles. The summed E-state index contributed by atoms with van der Waals surface area (Å²) in [6.07, 6.45) is 1.37. The molecule has 132 valence electrons. The lowest BCUT2D eigenvalue weighted by molar-refractivity contribution is -0.384. The molecular weight excluding hydrogens is 362 g/mol. The summed E-state index contributed by atoms with van der Waals surface area (Å²) >= 11 is 7.34. The number of halogens is 1. The first-order valence-electron chi connectivity index (χ1n) is 8.05. The van der Waals surface area contributed by atoms with Gasteiger partial charge in [-0.05, 0) is 31.0 Å². The largest absolute Gasteiger partial charge is 0.366 e. The highest BCUT2D eigenvalue weighted by Gasteiger charge is 2.27. The molecule has 25 heavy (non-hydrogen) atoms. The molecule has 2 heterocycles. The van der Waals surface area contributed by atoms with E-state index in [1.807, 2.05) is 17.0 Å². The van der Waals surface area contributed by atoms with Gasteiger partial charge in [-0.2, -0.15) is 0 Å². The van der Waals surface area contributed by atoms with Crippen molar-refractivity contribution in [2.75, 3.05) is 18.0 Å². The summed E-state index contributed by atoms with van der Waals surface area (Å²) in [5, 5.41) is 14.1. The quantitative estimate of drug-likeness (QED) is 0.632. The fraction of sp³-hybridized carbons (Fsp3) is 0.353. The topological polar surface area (TPSA) is 75.5 Å². The minimum absolute atomic E-state index is 0.0340. The number of benzene rings is 1. The van der Waals surface area contributed by atoms with Crippen LogP contribution < -0.4 is 10.2 Å². The van der Waals surface area contributed by atoms with Gasteiger partial charge in [0.05, 0.1) is 15.8 Å². The first kappa shape index (κ1) is 17.7. The molecule has 1 aromatic heterocycles. The van der Waals surface area contributed by atoms with Crippen LogP contribution in [0.25, 0.3) is 0 Å². The van der Waals surface area contributed by atoms with E-state index in [1.165, 1.54) is 17.4 Å². The lowest BCUT2D eigenvalue weighted by Crippen LogP contribution is -2.40. The number of nitrogens with zero attached hydrogens (tertiary/aromatic N) is 2. The fourth-order valence-electron chi connectivity index (χ4n) is 3.03. The smallest absolute Gasteiger partial charge is 0.292 e. The summed E-state index contributed by atoms with van der Waals surface area (Å²) in [7, 11) is 0. The second kappa shape index (κ2) is 7.84. The van der Waals surface area contributed by atoms with Gasteiger partial charge in [-0.3, -0.25) is 14.9 Å². The number of nitrogens with one attached hydrogen (secondary N) is 1. The number of hydrogen-bond donors (Lipinski definition) is 1. The average molecular weight is 380 g/mol. The first-order valence-corrected chi connectivity index (χ1v) is 9.24. The van der Waals surface area contributed by atoms with Crippen LogP contribution in [0.2, 0.25) is 4.34 Å². The molecule has 1 saturated heterocycles. The number of anilines is 1. The molecule has 0 aliphatic carbocycles. The highest BCUT2D eigenvalue weighted by Crippen LogP contribution is 2.31. The number of para-hydroxylation sites is 2. The maximum atomic E-state index is 12.3. The number of nitro benzene ring substituents is 1. The van der Waals surface area contributed by atoms with Gasteiger partial charge in [0, 0.05) is 30.0 Å². The van der Waals surface area contributed by atoms with Gasteiger partial charge >= 0.3 is 0 Å². The third-order valence-electron chi connectivity index (χ3n) is 4.35. The van der Waals surface area contributed by atoms with Crippen molar-refractivity contribution in [1.82, 2.24) is 5.32 Å². The molecule has 1 N–H and O–H groups in total. The number of piperidine rings is 1. The number of amides is 1. The van der Waals surface area contributed by atoms with Gasteiger partial charge in [0.1, 0.15) is 5.69 Å². The van der Waals surface area contributed by atoms with Gasteiger partial charge in [-0.15, -0.1) is 11.3 Å². The zero-order chi connectivity index (χ0) is 17.8. The highest BCUT2D eigenvalue weighted by atomic mass is 35.5. The minimum atomic E-state index is -0.361. The molecular formula is C17H18ClN3O3S. The van der Waals surface area contributed by atoms with E-state index in [1.54, 1.807) is 18.2 Å². The summed E-state index contributed by atoms with van der Waals surface area (Å²) in [6, 6.07) is 10.5. The van der Waals surface area contributed by atoms with Crippen molar-refractivity contribution < 1.29 is 9.72 Å². The van der Waals surface area contributed by atoms with Crippen molar-refractivity contribution in [2.45, 2.75) is 19.4 Å². The van der Waals surface area contributed by atoms with Crippen LogP contribution in [0.15, 0.2) is 36.4 Å². The molecule has 0 atom stereocenters. The Labute approximate surface area is 154 Å². The predicted molar refractivity (Wildman–Crippen MR) is 99.2 cm³/mol. The van der Waals surface area contributed by atoms with E-state index in [9.17, 15) is 14.9 Å². The summed E-state index contributed by atoms with van der Waals surface area (Å²) < 4.78 is 0.710. The van der Waals surface area contributed by atoms with Crippen LogP contribution in [-0.2, 0) is 11.3 Å². The van der Waals surface area contributed by atoms with Crippen LogP contribution in [0.5, 0.6) is 0 Å². The minimum Gasteiger partial charge on any atom is -0.366 e. The highest BCUT2D eigenvalue weighted by molar-refractivity contribution is 7.16. The summed E-state index contributed by atoms with van der Waals surface area (Å²) in [6.45, 7) is 1.75. The van der Waals surface area contributed by atoms with Crippen LogP contribution in [0, 0.1) is 16.0 Å². The maximum absolute atomic E-state index is 12.3. The normalized spacial score (nSPS) is 15.2. The third-order valence-corrected chi connectivity index (χ3v) is 5.58. The number of nitro groups is 1. The standard InChI is InChI=1S/C17H18ClN3O3S/c18-16-6-5-13(25-16)11-19-17(22)12-7-9-20(10-8-12)14-3-1-2-4-15(14)21(23)24/h1-6,12H,7-11H2,(H,19,22). The number of carbonyl (C=O) groups is 1. The van der Waals surface area contributed by atoms with Crippen molar-refractivity contribution >= 4 is 40.2 Å². The zero-order valence-electron chi connectivity index (χ0n) is 13.5. The second-order valence-corrected chi connectivity index (χ2v) is 7.73. The Morgan fingerprint density at radius 1 is 1.28 bits per heavy atom. The number of hydrogen-bond acceptors (Lipinski definition) is 5. The molecule has 1 amide bonds. The Bertz CT molecular complexity index is 772. The van der Waals surface area contributed by atoms with Crippen LogP contribution in [0.4, 0.5) is 11.4 Å². The monoisotopic (exact) mass is 379 g/mol. The molecule has 8 heteroatoms. The summed E-state index contributed by atoms with van der Waals surface area (Å²) in [5.41, 5.74) is 0.736. The van der Waals surface area contributed by atoms with Gasteiger partial charge in [0.2, 0.25) is 5.91 Å². The number of carbonyl (C=O) groups excluding carboxylic acids is 1. The van der Waals surface area contributed by atoms with Crippen molar-refractivity contribution in [2.24, 2.45) is 5.92 Å². The molecule has 1 aliphatic heterocycles. The Kier molecular flexibility index (Phi) is 5.55. The van der Waals surface area contributed by atoms with E-state index in [0.29, 0.717) is 42.5 Å². The van der Waals surface area contributed by atoms with E-state index in [0.717, 1.165) is 4.88 Å². The van der Waals surface area contributed by atoms with Crippen molar-refractivity contribution in [1.29, 1.82) is 0 Å². The Morgan fingerprint density at radius 3 is 2.64 bits per heavy atom. The molecule has 0 spiro atoms. The van der Waals surface area contributed by atoms with Crippen LogP contribution >= 0.6 is 22.9 Å². The molecule has 2 aromatic rings. The van der Waals surface area contributed by atoms with Crippen LogP contribution in [0.3, 0.4) is 0 Å². The Balaban J connectivity index is 1.55. The lowest BCUT2D eigenvalue weighted by Gasteiger charge is -2.32.